The van der Waals surface area contributed by atoms with E-state index in [-0.39, 0.29) is 5.82 Å². The van der Waals surface area contributed by atoms with Crippen molar-refractivity contribution in [3.05, 3.63) is 59.4 Å². The average molecular weight is 287 g/mol. The summed E-state index contributed by atoms with van der Waals surface area (Å²) in [6.45, 7) is 0.558. The number of aromatic nitrogens is 2. The van der Waals surface area contributed by atoms with Gasteiger partial charge in [-0.1, -0.05) is 36.0 Å². The van der Waals surface area contributed by atoms with Crippen LogP contribution in [0.4, 0.5) is 4.39 Å². The number of fused-ring (bicyclic) bond motifs is 1. The second kappa shape index (κ2) is 5.64. The molecule has 0 aliphatic rings. The number of rotatable bonds is 4. The van der Waals surface area contributed by atoms with Gasteiger partial charge in [0.2, 0.25) is 0 Å². The van der Waals surface area contributed by atoms with Gasteiger partial charge in [0.25, 0.3) is 0 Å². The highest BCUT2D eigenvalue weighted by Gasteiger charge is 2.04. The van der Waals surface area contributed by atoms with E-state index in [0.29, 0.717) is 6.54 Å². The second-order valence-corrected chi connectivity index (χ2v) is 5.48. The van der Waals surface area contributed by atoms with Crippen LogP contribution in [0.1, 0.15) is 11.1 Å². The molecule has 0 spiro atoms. The minimum Gasteiger partial charge on any atom is -0.333 e. The fraction of sp³-hybridized carbons (Fsp3) is 0.133. The van der Waals surface area contributed by atoms with Gasteiger partial charge < -0.3 is 10.7 Å². The first kappa shape index (κ1) is 13.1. The Balaban J connectivity index is 1.72. The third-order valence-corrected chi connectivity index (χ3v) is 4.00. The quantitative estimate of drug-likeness (QED) is 0.723. The molecule has 0 aliphatic heterocycles. The summed E-state index contributed by atoms with van der Waals surface area (Å²) < 4.78 is 13.1. The predicted molar refractivity (Wildman–Crippen MR) is 79.9 cm³/mol. The number of H-pyrrole nitrogens is 1. The molecule has 0 bridgehead atoms. The smallest absolute Gasteiger partial charge is 0.166 e. The first-order chi connectivity index (χ1) is 9.74. The number of nitrogens with two attached hydrogens (primary N) is 1. The number of hydrogen-bond acceptors (Lipinski definition) is 3. The SMILES string of the molecule is NCc1ccc(CSc2nc3ccc(F)cc3[nH]2)cc1. The number of nitrogens with zero attached hydrogens (tertiary/aromatic N) is 1. The third kappa shape index (κ3) is 2.84. The fourth-order valence-corrected chi connectivity index (χ4v) is 2.79. The monoisotopic (exact) mass is 287 g/mol. The van der Waals surface area contributed by atoms with Crippen molar-refractivity contribution in [3.8, 4) is 0 Å². The maximum atomic E-state index is 13.1. The molecule has 0 aliphatic carbocycles. The molecule has 0 saturated heterocycles. The van der Waals surface area contributed by atoms with Crippen molar-refractivity contribution >= 4 is 22.8 Å². The van der Waals surface area contributed by atoms with Gasteiger partial charge in [0.1, 0.15) is 5.82 Å². The Morgan fingerprint density at radius 2 is 1.85 bits per heavy atom. The van der Waals surface area contributed by atoms with E-state index in [1.165, 1.54) is 17.7 Å². The zero-order valence-electron chi connectivity index (χ0n) is 10.8. The summed E-state index contributed by atoms with van der Waals surface area (Å²) in [6, 6.07) is 12.8. The van der Waals surface area contributed by atoms with E-state index in [1.807, 2.05) is 12.1 Å². The van der Waals surface area contributed by atoms with Crippen LogP contribution in [0, 0.1) is 5.82 Å². The van der Waals surface area contributed by atoms with E-state index in [0.717, 1.165) is 27.5 Å². The molecule has 0 saturated carbocycles. The van der Waals surface area contributed by atoms with Gasteiger partial charge in [-0.25, -0.2) is 9.37 Å². The molecule has 2 aromatic carbocycles. The lowest BCUT2D eigenvalue weighted by molar-refractivity contribution is 0.629. The largest absolute Gasteiger partial charge is 0.333 e. The number of aromatic amines is 1. The predicted octanol–water partition coefficient (Wildman–Crippen LogP) is 3.45. The van der Waals surface area contributed by atoms with Crippen LogP contribution in [0.25, 0.3) is 11.0 Å². The average Bonchev–Trinajstić information content (AvgIpc) is 2.87. The van der Waals surface area contributed by atoms with Gasteiger partial charge in [0.15, 0.2) is 5.16 Å². The first-order valence-corrected chi connectivity index (χ1v) is 7.29. The first-order valence-electron chi connectivity index (χ1n) is 6.30. The van der Waals surface area contributed by atoms with Gasteiger partial charge in [-0.2, -0.15) is 0 Å². The molecule has 0 atom stereocenters. The fourth-order valence-electron chi connectivity index (χ4n) is 1.95. The van der Waals surface area contributed by atoms with Gasteiger partial charge in [0.05, 0.1) is 11.0 Å². The number of hydrogen-bond donors (Lipinski definition) is 2. The van der Waals surface area contributed by atoms with Crippen LogP contribution in [0.2, 0.25) is 0 Å². The van der Waals surface area contributed by atoms with E-state index >= 15 is 0 Å². The number of nitrogens with one attached hydrogen (secondary N) is 1. The molecule has 3 nitrogen and oxygen atoms in total. The van der Waals surface area contributed by atoms with Gasteiger partial charge in [-0.3, -0.25) is 0 Å². The zero-order chi connectivity index (χ0) is 13.9. The van der Waals surface area contributed by atoms with Crippen LogP contribution in [-0.2, 0) is 12.3 Å². The molecule has 3 N–H and O–H groups in total. The van der Waals surface area contributed by atoms with Crippen molar-refractivity contribution in [1.29, 1.82) is 0 Å². The van der Waals surface area contributed by atoms with E-state index in [4.69, 9.17) is 5.73 Å². The molecular formula is C15H14FN3S. The van der Waals surface area contributed by atoms with E-state index < -0.39 is 0 Å². The van der Waals surface area contributed by atoms with Crippen molar-refractivity contribution in [2.45, 2.75) is 17.5 Å². The third-order valence-electron chi connectivity index (χ3n) is 3.06. The molecule has 3 rings (SSSR count). The summed E-state index contributed by atoms with van der Waals surface area (Å²) in [4.78, 5) is 7.54. The normalized spacial score (nSPS) is 11.1. The van der Waals surface area contributed by atoms with Crippen LogP contribution in [0.3, 0.4) is 0 Å². The van der Waals surface area contributed by atoms with Crippen molar-refractivity contribution in [3.63, 3.8) is 0 Å². The van der Waals surface area contributed by atoms with Crippen molar-refractivity contribution in [2.24, 2.45) is 5.73 Å². The van der Waals surface area contributed by atoms with Crippen LogP contribution in [-0.4, -0.2) is 9.97 Å². The summed E-state index contributed by atoms with van der Waals surface area (Å²) in [5.41, 5.74) is 9.41. The number of imidazole rings is 1. The highest BCUT2D eigenvalue weighted by molar-refractivity contribution is 7.98. The van der Waals surface area contributed by atoms with Crippen LogP contribution in [0.15, 0.2) is 47.6 Å². The Morgan fingerprint density at radius 1 is 1.10 bits per heavy atom. The Hall–Kier alpha value is -1.85. The lowest BCUT2D eigenvalue weighted by Crippen LogP contribution is -1.95. The van der Waals surface area contributed by atoms with Crippen LogP contribution in [0.5, 0.6) is 0 Å². The molecule has 0 radical (unpaired) electrons. The molecule has 3 aromatic rings. The Bertz CT molecular complexity index is 722. The summed E-state index contributed by atoms with van der Waals surface area (Å²) >= 11 is 1.60. The molecular weight excluding hydrogens is 273 g/mol. The molecule has 1 aromatic heterocycles. The molecule has 5 heteroatoms. The zero-order valence-corrected chi connectivity index (χ0v) is 11.6. The maximum Gasteiger partial charge on any atom is 0.166 e. The summed E-state index contributed by atoms with van der Waals surface area (Å²) in [6.07, 6.45) is 0. The Labute approximate surface area is 120 Å². The summed E-state index contributed by atoms with van der Waals surface area (Å²) in [7, 11) is 0. The van der Waals surface area contributed by atoms with Crippen molar-refractivity contribution in [1.82, 2.24) is 9.97 Å². The molecule has 1 heterocycles. The van der Waals surface area contributed by atoms with Gasteiger partial charge in [-0.05, 0) is 29.3 Å². The van der Waals surface area contributed by atoms with Crippen LogP contribution >= 0.6 is 11.8 Å². The molecule has 102 valence electrons. The lowest BCUT2D eigenvalue weighted by Gasteiger charge is -2.01. The molecule has 0 amide bonds. The van der Waals surface area contributed by atoms with Crippen molar-refractivity contribution in [2.75, 3.05) is 0 Å². The van der Waals surface area contributed by atoms with Crippen LogP contribution < -0.4 is 5.73 Å². The van der Waals surface area contributed by atoms with E-state index in [1.54, 1.807) is 17.8 Å². The molecule has 0 unspecified atom stereocenters. The highest BCUT2D eigenvalue weighted by atomic mass is 32.2. The number of halogens is 1. The van der Waals surface area contributed by atoms with E-state index in [2.05, 4.69) is 22.1 Å². The standard InChI is InChI=1S/C15H14FN3S/c16-12-5-6-13-14(7-12)19-15(18-13)20-9-11-3-1-10(8-17)2-4-11/h1-7H,8-9,17H2,(H,18,19). The molecule has 0 fully saturated rings. The Kier molecular flexibility index (Phi) is 3.71. The minimum atomic E-state index is -0.255. The number of thioether (sulfide) groups is 1. The number of benzene rings is 2. The Morgan fingerprint density at radius 3 is 2.60 bits per heavy atom. The lowest BCUT2D eigenvalue weighted by atomic mass is 10.1. The highest BCUT2D eigenvalue weighted by Crippen LogP contribution is 2.23. The van der Waals surface area contributed by atoms with E-state index in [9.17, 15) is 4.39 Å². The van der Waals surface area contributed by atoms with Gasteiger partial charge in [0, 0.05) is 12.3 Å². The topological polar surface area (TPSA) is 54.7 Å². The minimum absolute atomic E-state index is 0.255. The maximum absolute atomic E-state index is 13.1. The molecule has 20 heavy (non-hydrogen) atoms. The summed E-state index contributed by atoms with van der Waals surface area (Å²) in [5.74, 6) is 0.558. The van der Waals surface area contributed by atoms with Gasteiger partial charge >= 0.3 is 0 Å². The van der Waals surface area contributed by atoms with Crippen molar-refractivity contribution < 1.29 is 4.39 Å². The van der Waals surface area contributed by atoms with Gasteiger partial charge in [-0.15, -0.1) is 0 Å². The summed E-state index contributed by atoms with van der Waals surface area (Å²) in [5, 5.41) is 0.800. The second-order valence-electron chi connectivity index (χ2n) is 4.51.